The number of nitrogens with zero attached hydrogens (tertiary/aromatic N) is 1. The van der Waals surface area contributed by atoms with Gasteiger partial charge in [0.05, 0.1) is 5.52 Å². The van der Waals surface area contributed by atoms with Gasteiger partial charge in [-0.15, -0.1) is 0 Å². The van der Waals surface area contributed by atoms with Crippen LogP contribution in [-0.4, -0.2) is 4.57 Å². The van der Waals surface area contributed by atoms with E-state index in [-0.39, 0.29) is 0 Å². The van der Waals surface area contributed by atoms with Gasteiger partial charge in [0.2, 0.25) is 0 Å². The third kappa shape index (κ3) is 4.86. The summed E-state index contributed by atoms with van der Waals surface area (Å²) in [6, 6.07) is 63.9. The Morgan fingerprint density at radius 3 is 1.52 bits per heavy atom. The highest BCUT2D eigenvalue weighted by atomic mass is 15.0. The molecular formula is C49H35N. The van der Waals surface area contributed by atoms with E-state index in [1.165, 1.54) is 82.5 Å². The average Bonchev–Trinajstić information content (AvgIpc) is 3.48. The number of rotatable bonds is 6. The van der Waals surface area contributed by atoms with Gasteiger partial charge >= 0.3 is 0 Å². The summed E-state index contributed by atoms with van der Waals surface area (Å²) in [5.41, 5.74) is 14.5. The van der Waals surface area contributed by atoms with Crippen molar-refractivity contribution in [1.29, 1.82) is 0 Å². The van der Waals surface area contributed by atoms with E-state index in [1.54, 1.807) is 0 Å². The first kappa shape index (κ1) is 29.7. The molecule has 0 radical (unpaired) electrons. The van der Waals surface area contributed by atoms with Gasteiger partial charge < -0.3 is 4.57 Å². The molecule has 50 heavy (non-hydrogen) atoms. The number of hydrogen-bond donors (Lipinski definition) is 0. The minimum Gasteiger partial charge on any atom is -0.310 e. The summed E-state index contributed by atoms with van der Waals surface area (Å²) in [5, 5.41) is 6.30. The van der Waals surface area contributed by atoms with Crippen LogP contribution in [0.25, 0.3) is 88.7 Å². The number of para-hydroxylation sites is 1. The zero-order valence-electron chi connectivity index (χ0n) is 28.0. The average molecular weight is 638 g/mol. The van der Waals surface area contributed by atoms with Crippen LogP contribution in [0.3, 0.4) is 0 Å². The van der Waals surface area contributed by atoms with Crippen LogP contribution in [0.15, 0.2) is 183 Å². The molecule has 1 nitrogen and oxygen atoms in total. The summed E-state index contributed by atoms with van der Waals surface area (Å²) in [4.78, 5) is 0. The van der Waals surface area contributed by atoms with E-state index in [9.17, 15) is 0 Å². The van der Waals surface area contributed by atoms with Crippen LogP contribution in [0.4, 0.5) is 0 Å². The molecule has 9 rings (SSSR count). The molecule has 0 aliphatic heterocycles. The monoisotopic (exact) mass is 637 g/mol. The normalized spacial score (nSPS) is 11.4. The molecule has 1 heterocycles. The molecule has 0 aliphatic carbocycles. The Morgan fingerprint density at radius 2 is 0.880 bits per heavy atom. The van der Waals surface area contributed by atoms with Crippen LogP contribution in [0.5, 0.6) is 0 Å². The SMILES string of the molecule is C=Cc1c(C)c2ccccc2n1-c1cccc(-c2cccc(-c3ccc4c(-c5ccccc5)c5ccccc5c(-c5ccccc5)c4c3)c2)c1. The Bertz CT molecular complexity index is 2710. The highest BCUT2D eigenvalue weighted by Gasteiger charge is 2.18. The minimum absolute atomic E-state index is 1.13. The largest absolute Gasteiger partial charge is 0.310 e. The zero-order valence-corrected chi connectivity index (χ0v) is 28.0. The van der Waals surface area contributed by atoms with E-state index in [1.807, 2.05) is 6.08 Å². The molecule has 0 unspecified atom stereocenters. The Kier molecular flexibility index (Phi) is 7.25. The molecule has 0 amide bonds. The van der Waals surface area contributed by atoms with E-state index < -0.39 is 0 Å². The molecule has 0 aliphatic rings. The topological polar surface area (TPSA) is 4.93 Å². The first-order valence-corrected chi connectivity index (χ1v) is 17.2. The van der Waals surface area contributed by atoms with E-state index in [0.29, 0.717) is 0 Å². The summed E-state index contributed by atoms with van der Waals surface area (Å²) in [6.07, 6.45) is 1.97. The molecule has 0 bridgehead atoms. The van der Waals surface area contributed by atoms with Crippen LogP contribution in [0.1, 0.15) is 11.3 Å². The van der Waals surface area contributed by atoms with Crippen molar-refractivity contribution >= 4 is 38.5 Å². The second-order valence-corrected chi connectivity index (χ2v) is 13.0. The summed E-state index contributed by atoms with van der Waals surface area (Å²) in [6.45, 7) is 6.35. The molecule has 0 fully saturated rings. The maximum absolute atomic E-state index is 4.16. The van der Waals surface area contributed by atoms with Crippen LogP contribution in [-0.2, 0) is 0 Å². The van der Waals surface area contributed by atoms with Gasteiger partial charge in [0.15, 0.2) is 0 Å². The molecule has 236 valence electrons. The lowest BCUT2D eigenvalue weighted by Gasteiger charge is -2.19. The lowest BCUT2D eigenvalue weighted by atomic mass is 9.85. The van der Waals surface area contributed by atoms with Gasteiger partial charge in [0, 0.05) is 16.8 Å². The fourth-order valence-electron chi connectivity index (χ4n) is 7.84. The van der Waals surface area contributed by atoms with Gasteiger partial charge in [-0.1, -0.05) is 152 Å². The van der Waals surface area contributed by atoms with Crippen molar-refractivity contribution < 1.29 is 0 Å². The van der Waals surface area contributed by atoms with Gasteiger partial charge in [-0.3, -0.25) is 0 Å². The molecule has 1 aromatic heterocycles. The van der Waals surface area contributed by atoms with Crippen molar-refractivity contribution in [2.75, 3.05) is 0 Å². The van der Waals surface area contributed by atoms with Gasteiger partial charge in [-0.2, -0.15) is 0 Å². The van der Waals surface area contributed by atoms with E-state index >= 15 is 0 Å². The van der Waals surface area contributed by atoms with Gasteiger partial charge in [0.1, 0.15) is 0 Å². The molecule has 1 heteroatoms. The molecule has 9 aromatic rings. The molecule has 0 atom stereocenters. The Morgan fingerprint density at radius 1 is 0.400 bits per heavy atom. The van der Waals surface area contributed by atoms with Crippen molar-refractivity contribution in [2.45, 2.75) is 6.92 Å². The van der Waals surface area contributed by atoms with Crippen molar-refractivity contribution in [1.82, 2.24) is 4.57 Å². The number of hydrogen-bond acceptors (Lipinski definition) is 0. The van der Waals surface area contributed by atoms with Crippen LogP contribution >= 0.6 is 0 Å². The maximum atomic E-state index is 4.16. The molecule has 0 saturated heterocycles. The lowest BCUT2D eigenvalue weighted by molar-refractivity contribution is 1.10. The molecule has 8 aromatic carbocycles. The molecular weight excluding hydrogens is 603 g/mol. The zero-order chi connectivity index (χ0) is 33.6. The Labute approximate surface area is 293 Å². The second kappa shape index (κ2) is 12.2. The van der Waals surface area contributed by atoms with Crippen molar-refractivity contribution in [3.05, 3.63) is 194 Å². The maximum Gasteiger partial charge on any atom is 0.0537 e. The van der Waals surface area contributed by atoms with Crippen molar-refractivity contribution in [2.24, 2.45) is 0 Å². The van der Waals surface area contributed by atoms with E-state index in [0.717, 1.165) is 11.4 Å². The third-order valence-corrected chi connectivity index (χ3v) is 10.1. The highest BCUT2D eigenvalue weighted by Crippen LogP contribution is 2.45. The molecule has 0 spiro atoms. The van der Waals surface area contributed by atoms with Crippen LogP contribution in [0.2, 0.25) is 0 Å². The quantitative estimate of drug-likeness (QED) is 0.160. The number of aromatic nitrogens is 1. The Balaban J connectivity index is 1.22. The number of benzene rings is 8. The van der Waals surface area contributed by atoms with Crippen molar-refractivity contribution in [3.8, 4) is 50.2 Å². The van der Waals surface area contributed by atoms with Gasteiger partial charge in [0.25, 0.3) is 0 Å². The summed E-state index contributed by atoms with van der Waals surface area (Å²) < 4.78 is 2.33. The summed E-state index contributed by atoms with van der Waals surface area (Å²) in [7, 11) is 0. The summed E-state index contributed by atoms with van der Waals surface area (Å²) in [5.74, 6) is 0. The predicted molar refractivity (Wildman–Crippen MR) is 215 cm³/mol. The lowest BCUT2D eigenvalue weighted by Crippen LogP contribution is -1.97. The first-order valence-electron chi connectivity index (χ1n) is 17.2. The molecule has 0 saturated carbocycles. The van der Waals surface area contributed by atoms with E-state index in [4.69, 9.17) is 0 Å². The predicted octanol–water partition coefficient (Wildman–Crippen LogP) is 13.6. The number of fused-ring (bicyclic) bond motifs is 3. The summed E-state index contributed by atoms with van der Waals surface area (Å²) >= 11 is 0. The molecule has 0 N–H and O–H groups in total. The number of aryl methyl sites for hydroxylation is 1. The standard InChI is InChI=1S/C49H35N/c1-3-46-33(2)41-24-12-13-27-47(41)50(46)40-23-15-22-38(31-40)36-20-14-21-37(30-36)39-28-29-44-45(32-39)49(35-18-8-5-9-19-35)43-26-11-10-25-42(43)48(44)34-16-6-4-7-17-34/h3-32H,1H2,2H3. The third-order valence-electron chi connectivity index (χ3n) is 10.1. The van der Waals surface area contributed by atoms with E-state index in [2.05, 4.69) is 194 Å². The first-order chi connectivity index (χ1) is 24.7. The van der Waals surface area contributed by atoms with Gasteiger partial charge in [-0.25, -0.2) is 0 Å². The fraction of sp³-hybridized carbons (Fsp3) is 0.0204. The highest BCUT2D eigenvalue weighted by molar-refractivity contribution is 6.22. The van der Waals surface area contributed by atoms with Gasteiger partial charge in [-0.05, 0) is 115 Å². The smallest absolute Gasteiger partial charge is 0.0537 e. The Hall–Kier alpha value is -6.44. The fourth-order valence-corrected chi connectivity index (χ4v) is 7.84. The minimum atomic E-state index is 1.13. The van der Waals surface area contributed by atoms with Crippen molar-refractivity contribution in [3.63, 3.8) is 0 Å². The van der Waals surface area contributed by atoms with Crippen LogP contribution in [0, 0.1) is 6.92 Å². The second-order valence-electron chi connectivity index (χ2n) is 13.0. The van der Waals surface area contributed by atoms with Crippen LogP contribution < -0.4 is 0 Å².